The third-order valence-electron chi connectivity index (χ3n) is 6.09. The number of carbonyl (C=O) groups is 2. The second-order valence-corrected chi connectivity index (χ2v) is 9.62. The zero-order chi connectivity index (χ0) is 24.3. The van der Waals surface area contributed by atoms with E-state index in [1.165, 1.54) is 6.92 Å². The Kier molecular flexibility index (Phi) is 7.35. The van der Waals surface area contributed by atoms with Gasteiger partial charge >= 0.3 is 5.97 Å². The predicted molar refractivity (Wildman–Crippen MR) is 129 cm³/mol. The van der Waals surface area contributed by atoms with Gasteiger partial charge in [0.05, 0.1) is 0 Å². The molecular weight excluding hydrogens is 418 g/mol. The van der Waals surface area contributed by atoms with Crippen LogP contribution in [0.2, 0.25) is 0 Å². The number of carbonyl (C=O) groups excluding carboxylic acids is 2. The number of esters is 1. The van der Waals surface area contributed by atoms with Crippen molar-refractivity contribution in [2.75, 3.05) is 11.9 Å². The fraction of sp³-hybridized carbons (Fsp3) is 0.481. The lowest BCUT2D eigenvalue weighted by Gasteiger charge is -2.37. The second-order valence-electron chi connectivity index (χ2n) is 9.62. The molecule has 2 aromatic rings. The minimum atomic E-state index is -0.482. The Balaban J connectivity index is 1.68. The predicted octanol–water partition coefficient (Wildman–Crippen LogP) is 5.68. The van der Waals surface area contributed by atoms with E-state index < -0.39 is 5.60 Å². The van der Waals surface area contributed by atoms with Gasteiger partial charge in [0, 0.05) is 24.6 Å². The number of rotatable bonds is 7. The molecule has 6 heteroatoms. The van der Waals surface area contributed by atoms with Gasteiger partial charge in [0.2, 0.25) is 5.91 Å². The number of ether oxygens (including phenoxy) is 3. The number of hydrogen-bond donors (Lipinski definition) is 1. The van der Waals surface area contributed by atoms with E-state index in [0.29, 0.717) is 24.7 Å². The van der Waals surface area contributed by atoms with Gasteiger partial charge in [-0.2, -0.15) is 0 Å². The lowest BCUT2D eigenvalue weighted by molar-refractivity contribution is -0.132. The van der Waals surface area contributed by atoms with E-state index in [4.69, 9.17) is 14.2 Å². The van der Waals surface area contributed by atoms with Crippen molar-refractivity contribution < 1.29 is 23.8 Å². The molecule has 0 aromatic heterocycles. The highest BCUT2D eigenvalue weighted by molar-refractivity contribution is 5.90. The summed E-state index contributed by atoms with van der Waals surface area (Å²) in [4.78, 5) is 23.5. The van der Waals surface area contributed by atoms with Crippen molar-refractivity contribution in [3.8, 4) is 17.2 Å². The molecule has 1 unspecified atom stereocenters. The van der Waals surface area contributed by atoms with Crippen molar-refractivity contribution in [2.45, 2.75) is 73.3 Å². The number of fused-ring (bicyclic) bond motifs is 1. The highest BCUT2D eigenvalue weighted by Crippen LogP contribution is 2.44. The summed E-state index contributed by atoms with van der Waals surface area (Å²) in [6.45, 7) is 13.8. The Bertz CT molecular complexity index is 1040. The molecule has 1 aliphatic heterocycles. The Labute approximate surface area is 196 Å². The number of anilines is 1. The molecule has 33 heavy (non-hydrogen) atoms. The van der Waals surface area contributed by atoms with Crippen molar-refractivity contribution in [1.29, 1.82) is 0 Å². The third kappa shape index (κ3) is 5.86. The van der Waals surface area contributed by atoms with Crippen molar-refractivity contribution >= 4 is 17.6 Å². The van der Waals surface area contributed by atoms with Crippen molar-refractivity contribution in [1.82, 2.24) is 0 Å². The monoisotopic (exact) mass is 453 g/mol. The fourth-order valence-electron chi connectivity index (χ4n) is 4.13. The van der Waals surface area contributed by atoms with E-state index in [1.54, 1.807) is 0 Å². The number of amides is 1. The van der Waals surface area contributed by atoms with Crippen LogP contribution in [0.15, 0.2) is 24.3 Å². The molecule has 0 saturated heterocycles. The minimum absolute atomic E-state index is 0.0123. The van der Waals surface area contributed by atoms with Crippen LogP contribution in [0, 0.1) is 26.7 Å². The van der Waals surface area contributed by atoms with Crippen LogP contribution >= 0.6 is 0 Å². The standard InChI is InChI=1S/C27H35NO5/c1-16(2)14-24(30)28-21-8-10-22(11-9-21)31-15-27(7)13-12-23-19(5)25(32-20(6)29)17(3)18(4)26(23)33-27/h8-11,16H,12-15H2,1-7H3,(H,28,30). The van der Waals surface area contributed by atoms with E-state index >= 15 is 0 Å². The summed E-state index contributed by atoms with van der Waals surface area (Å²) in [6.07, 6.45) is 2.10. The molecule has 0 radical (unpaired) electrons. The Morgan fingerprint density at radius 1 is 1.09 bits per heavy atom. The average molecular weight is 454 g/mol. The third-order valence-corrected chi connectivity index (χ3v) is 6.09. The number of hydrogen-bond acceptors (Lipinski definition) is 5. The van der Waals surface area contributed by atoms with Gasteiger partial charge in [-0.25, -0.2) is 0 Å². The molecule has 1 amide bonds. The maximum Gasteiger partial charge on any atom is 0.308 e. The highest BCUT2D eigenvalue weighted by atomic mass is 16.5. The van der Waals surface area contributed by atoms with Gasteiger partial charge in [0.15, 0.2) is 0 Å². The molecule has 1 heterocycles. The van der Waals surface area contributed by atoms with Crippen molar-refractivity contribution in [3.63, 3.8) is 0 Å². The maximum atomic E-state index is 11.9. The lowest BCUT2D eigenvalue weighted by atomic mass is 9.87. The van der Waals surface area contributed by atoms with E-state index in [9.17, 15) is 9.59 Å². The summed E-state index contributed by atoms with van der Waals surface area (Å²) < 4.78 is 18.0. The summed E-state index contributed by atoms with van der Waals surface area (Å²) in [5.74, 6) is 2.24. The van der Waals surface area contributed by atoms with Crippen molar-refractivity contribution in [2.24, 2.45) is 5.92 Å². The average Bonchev–Trinajstić information content (AvgIpc) is 2.74. The summed E-state index contributed by atoms with van der Waals surface area (Å²) >= 11 is 0. The normalized spacial score (nSPS) is 17.2. The number of nitrogens with one attached hydrogen (secondary N) is 1. The van der Waals surface area contributed by atoms with Crippen molar-refractivity contribution in [3.05, 3.63) is 46.5 Å². The zero-order valence-electron chi connectivity index (χ0n) is 20.8. The largest absolute Gasteiger partial charge is 0.489 e. The van der Waals surface area contributed by atoms with Crippen LogP contribution < -0.4 is 19.5 Å². The highest BCUT2D eigenvalue weighted by Gasteiger charge is 2.35. The smallest absolute Gasteiger partial charge is 0.308 e. The van der Waals surface area contributed by atoms with E-state index in [1.807, 2.05) is 58.9 Å². The molecule has 0 fully saturated rings. The molecule has 1 aliphatic rings. The fourth-order valence-corrected chi connectivity index (χ4v) is 4.13. The Morgan fingerprint density at radius 3 is 2.36 bits per heavy atom. The van der Waals surface area contributed by atoms with Crippen LogP contribution in [-0.2, 0) is 16.0 Å². The first-order chi connectivity index (χ1) is 15.5. The zero-order valence-corrected chi connectivity index (χ0v) is 20.8. The summed E-state index contributed by atoms with van der Waals surface area (Å²) in [7, 11) is 0. The molecule has 0 aliphatic carbocycles. The van der Waals surface area contributed by atoms with Gasteiger partial charge in [-0.05, 0) is 87.4 Å². The molecular formula is C27H35NO5. The minimum Gasteiger partial charge on any atom is -0.489 e. The van der Waals surface area contributed by atoms with Gasteiger partial charge in [-0.3, -0.25) is 9.59 Å². The molecule has 0 bridgehead atoms. The van der Waals surface area contributed by atoms with Crippen LogP contribution in [0.4, 0.5) is 5.69 Å². The first-order valence-corrected chi connectivity index (χ1v) is 11.5. The topological polar surface area (TPSA) is 73.9 Å². The first kappa shape index (κ1) is 24.6. The van der Waals surface area contributed by atoms with Gasteiger partial charge < -0.3 is 19.5 Å². The van der Waals surface area contributed by atoms with Crippen LogP contribution in [-0.4, -0.2) is 24.1 Å². The van der Waals surface area contributed by atoms with Gasteiger partial charge in [0.25, 0.3) is 0 Å². The molecule has 1 atom stereocenters. The number of benzene rings is 2. The molecule has 3 rings (SSSR count). The van der Waals surface area contributed by atoms with Crippen LogP contribution in [0.25, 0.3) is 0 Å². The maximum absolute atomic E-state index is 11.9. The van der Waals surface area contributed by atoms with E-state index in [-0.39, 0.29) is 11.9 Å². The van der Waals surface area contributed by atoms with Crippen LogP contribution in [0.1, 0.15) is 62.8 Å². The SMILES string of the molecule is CC(=O)Oc1c(C)c(C)c2c(c1C)CCC(C)(COc1ccc(NC(=O)CC(C)C)cc1)O2. The Morgan fingerprint density at radius 2 is 1.76 bits per heavy atom. The summed E-state index contributed by atoms with van der Waals surface area (Å²) in [6, 6.07) is 7.41. The molecule has 2 aromatic carbocycles. The Hall–Kier alpha value is -3.02. The van der Waals surface area contributed by atoms with E-state index in [2.05, 4.69) is 12.2 Å². The van der Waals surface area contributed by atoms with E-state index in [0.717, 1.165) is 52.3 Å². The second kappa shape index (κ2) is 9.86. The summed E-state index contributed by atoms with van der Waals surface area (Å²) in [5, 5.41) is 2.91. The molecule has 0 saturated carbocycles. The first-order valence-electron chi connectivity index (χ1n) is 11.5. The quantitative estimate of drug-likeness (QED) is 0.431. The molecule has 178 valence electrons. The van der Waals surface area contributed by atoms with Gasteiger partial charge in [-0.1, -0.05) is 13.8 Å². The summed E-state index contributed by atoms with van der Waals surface area (Å²) in [5.41, 5.74) is 4.23. The van der Waals surface area contributed by atoms with Crippen LogP contribution in [0.5, 0.6) is 17.2 Å². The van der Waals surface area contributed by atoms with Gasteiger partial charge in [0.1, 0.15) is 29.5 Å². The van der Waals surface area contributed by atoms with Crippen LogP contribution in [0.3, 0.4) is 0 Å². The molecule has 0 spiro atoms. The van der Waals surface area contributed by atoms with Gasteiger partial charge in [-0.15, -0.1) is 0 Å². The lowest BCUT2D eigenvalue weighted by Crippen LogP contribution is -2.42. The molecule has 1 N–H and O–H groups in total. The molecule has 6 nitrogen and oxygen atoms in total.